The number of nitrogens with zero attached hydrogens (tertiary/aromatic N) is 1. The van der Waals surface area contributed by atoms with Gasteiger partial charge in [-0.2, -0.15) is 0 Å². The highest BCUT2D eigenvalue weighted by Gasteiger charge is 2.16. The second-order valence-electron chi connectivity index (χ2n) is 4.36. The van der Waals surface area contributed by atoms with Crippen molar-refractivity contribution in [2.45, 2.75) is 13.0 Å². The lowest BCUT2D eigenvalue weighted by Crippen LogP contribution is -2.29. The Balaban J connectivity index is 2.46. The number of benzene rings is 1. The predicted octanol–water partition coefficient (Wildman–Crippen LogP) is 1.53. The van der Waals surface area contributed by atoms with Gasteiger partial charge in [0.15, 0.2) is 0 Å². The lowest BCUT2D eigenvalue weighted by atomic mass is 9.98. The monoisotopic (exact) mass is 258 g/mol. The van der Waals surface area contributed by atoms with E-state index in [1.54, 1.807) is 13.3 Å². The first-order valence-electron chi connectivity index (χ1n) is 5.97. The average Bonchev–Trinajstić information content (AvgIpc) is 2.44. The van der Waals surface area contributed by atoms with Gasteiger partial charge in [-0.05, 0) is 36.2 Å². The third-order valence-electron chi connectivity index (χ3n) is 2.99. The van der Waals surface area contributed by atoms with Gasteiger partial charge in [0, 0.05) is 11.8 Å². The summed E-state index contributed by atoms with van der Waals surface area (Å²) in [6.45, 7) is 1.97. The van der Waals surface area contributed by atoms with E-state index in [2.05, 4.69) is 10.4 Å². The largest absolute Gasteiger partial charge is 0.497 e. The predicted molar refractivity (Wildman–Crippen MR) is 75.5 cm³/mol. The molecule has 1 atom stereocenters. The van der Waals surface area contributed by atoms with Crippen LogP contribution in [-0.2, 0) is 0 Å². The summed E-state index contributed by atoms with van der Waals surface area (Å²) in [6.07, 6.45) is 1.73. The Morgan fingerprint density at radius 3 is 2.79 bits per heavy atom. The van der Waals surface area contributed by atoms with Crippen LogP contribution in [0.25, 0.3) is 0 Å². The van der Waals surface area contributed by atoms with Gasteiger partial charge in [-0.3, -0.25) is 5.84 Å². The third kappa shape index (κ3) is 2.83. The number of rotatable bonds is 4. The van der Waals surface area contributed by atoms with Crippen LogP contribution in [0.1, 0.15) is 22.7 Å². The number of nitrogens with two attached hydrogens (primary N) is 2. The molecule has 5 N–H and O–H groups in total. The average molecular weight is 258 g/mol. The molecule has 1 unspecified atom stereocenters. The summed E-state index contributed by atoms with van der Waals surface area (Å²) < 4.78 is 5.22. The molecular weight excluding hydrogens is 240 g/mol. The molecule has 5 heteroatoms. The van der Waals surface area contributed by atoms with Crippen molar-refractivity contribution in [3.8, 4) is 5.75 Å². The van der Waals surface area contributed by atoms with Gasteiger partial charge >= 0.3 is 0 Å². The van der Waals surface area contributed by atoms with E-state index >= 15 is 0 Å². The van der Waals surface area contributed by atoms with Crippen molar-refractivity contribution in [1.82, 2.24) is 10.4 Å². The maximum atomic E-state index is 5.94. The van der Waals surface area contributed by atoms with E-state index in [1.165, 1.54) is 0 Å². The SMILES string of the molecule is COc1cccc(C(NN)c2cc(C)cnc2N)c1. The van der Waals surface area contributed by atoms with Gasteiger partial charge < -0.3 is 10.5 Å². The topological polar surface area (TPSA) is 86.2 Å². The zero-order valence-corrected chi connectivity index (χ0v) is 11.1. The van der Waals surface area contributed by atoms with Crippen LogP contribution in [0.4, 0.5) is 5.82 Å². The van der Waals surface area contributed by atoms with Crippen LogP contribution >= 0.6 is 0 Å². The van der Waals surface area contributed by atoms with Crippen molar-refractivity contribution < 1.29 is 4.74 Å². The Kier molecular flexibility index (Phi) is 3.99. The smallest absolute Gasteiger partial charge is 0.128 e. The van der Waals surface area contributed by atoms with E-state index in [4.69, 9.17) is 16.3 Å². The van der Waals surface area contributed by atoms with Crippen molar-refractivity contribution in [2.24, 2.45) is 5.84 Å². The number of methoxy groups -OCH3 is 1. The maximum absolute atomic E-state index is 5.94. The number of hydrazine groups is 1. The van der Waals surface area contributed by atoms with Crippen LogP contribution < -0.4 is 21.7 Å². The van der Waals surface area contributed by atoms with Gasteiger partial charge in [0.1, 0.15) is 11.6 Å². The van der Waals surface area contributed by atoms with Crippen LogP contribution in [0.15, 0.2) is 36.5 Å². The summed E-state index contributed by atoms with van der Waals surface area (Å²) in [7, 11) is 1.63. The van der Waals surface area contributed by atoms with Gasteiger partial charge in [0.2, 0.25) is 0 Å². The number of aromatic nitrogens is 1. The number of pyridine rings is 1. The molecule has 0 bridgehead atoms. The molecule has 100 valence electrons. The van der Waals surface area contributed by atoms with Crippen LogP contribution in [0.2, 0.25) is 0 Å². The fourth-order valence-electron chi connectivity index (χ4n) is 2.02. The van der Waals surface area contributed by atoms with Crippen LogP contribution in [0, 0.1) is 6.92 Å². The van der Waals surface area contributed by atoms with Gasteiger partial charge in [0.05, 0.1) is 13.2 Å². The van der Waals surface area contributed by atoms with Gasteiger partial charge in [0.25, 0.3) is 0 Å². The molecule has 0 aliphatic rings. The fourth-order valence-corrected chi connectivity index (χ4v) is 2.02. The highest BCUT2D eigenvalue weighted by Crippen LogP contribution is 2.27. The Hall–Kier alpha value is -2.11. The standard InChI is InChI=1S/C14H18N4O/c1-9-6-12(14(15)17-8-9)13(18-16)10-4-3-5-11(7-10)19-2/h3-8,13,18H,16H2,1-2H3,(H2,15,17). The maximum Gasteiger partial charge on any atom is 0.128 e. The number of hydrogen-bond donors (Lipinski definition) is 3. The summed E-state index contributed by atoms with van der Waals surface area (Å²) in [6, 6.07) is 9.45. The second-order valence-corrected chi connectivity index (χ2v) is 4.36. The molecule has 0 fully saturated rings. The lowest BCUT2D eigenvalue weighted by Gasteiger charge is -2.19. The molecular formula is C14H18N4O. The molecule has 1 aromatic heterocycles. The molecule has 0 aliphatic carbocycles. The molecule has 1 aromatic carbocycles. The molecule has 0 spiro atoms. The fraction of sp³-hybridized carbons (Fsp3) is 0.214. The van der Waals surface area contributed by atoms with Crippen LogP contribution in [-0.4, -0.2) is 12.1 Å². The molecule has 2 aromatic rings. The van der Waals surface area contributed by atoms with Crippen molar-refractivity contribution in [2.75, 3.05) is 12.8 Å². The van der Waals surface area contributed by atoms with Crippen molar-refractivity contribution in [3.63, 3.8) is 0 Å². The molecule has 2 rings (SSSR count). The first kappa shape index (κ1) is 13.3. The number of nitrogens with one attached hydrogen (secondary N) is 1. The highest BCUT2D eigenvalue weighted by atomic mass is 16.5. The number of nitrogen functional groups attached to an aromatic ring is 1. The Morgan fingerprint density at radius 1 is 1.32 bits per heavy atom. The third-order valence-corrected chi connectivity index (χ3v) is 2.99. The minimum atomic E-state index is -0.220. The van der Waals surface area contributed by atoms with Gasteiger partial charge in [-0.15, -0.1) is 0 Å². The van der Waals surface area contributed by atoms with E-state index in [1.807, 2.05) is 37.3 Å². The van der Waals surface area contributed by atoms with Gasteiger partial charge in [-0.1, -0.05) is 12.1 Å². The summed E-state index contributed by atoms with van der Waals surface area (Å²) in [5, 5.41) is 0. The summed E-state index contributed by atoms with van der Waals surface area (Å²) in [4.78, 5) is 4.17. The number of hydrogen-bond acceptors (Lipinski definition) is 5. The molecule has 0 saturated heterocycles. The molecule has 0 radical (unpaired) electrons. The summed E-state index contributed by atoms with van der Waals surface area (Å²) >= 11 is 0. The number of anilines is 1. The second kappa shape index (κ2) is 5.69. The zero-order valence-electron chi connectivity index (χ0n) is 11.1. The lowest BCUT2D eigenvalue weighted by molar-refractivity contribution is 0.413. The van der Waals surface area contributed by atoms with Crippen LogP contribution in [0.5, 0.6) is 5.75 Å². The van der Waals surface area contributed by atoms with E-state index in [9.17, 15) is 0 Å². The molecule has 19 heavy (non-hydrogen) atoms. The van der Waals surface area contributed by atoms with Gasteiger partial charge in [-0.25, -0.2) is 10.4 Å². The normalized spacial score (nSPS) is 12.2. The van der Waals surface area contributed by atoms with E-state index in [-0.39, 0.29) is 6.04 Å². The zero-order chi connectivity index (χ0) is 13.8. The van der Waals surface area contributed by atoms with Crippen molar-refractivity contribution in [3.05, 3.63) is 53.2 Å². The molecule has 0 aliphatic heterocycles. The van der Waals surface area contributed by atoms with Crippen molar-refractivity contribution in [1.29, 1.82) is 0 Å². The first-order chi connectivity index (χ1) is 9.15. The molecule has 0 saturated carbocycles. The van der Waals surface area contributed by atoms with Crippen LogP contribution in [0.3, 0.4) is 0 Å². The summed E-state index contributed by atoms with van der Waals surface area (Å²) in [5.41, 5.74) is 11.6. The Morgan fingerprint density at radius 2 is 2.11 bits per heavy atom. The first-order valence-corrected chi connectivity index (χ1v) is 5.97. The summed E-state index contributed by atoms with van der Waals surface area (Å²) in [5.74, 6) is 6.92. The van der Waals surface area contributed by atoms with E-state index in [0.717, 1.165) is 22.4 Å². The number of aryl methyl sites for hydroxylation is 1. The molecule has 0 amide bonds. The van der Waals surface area contributed by atoms with Crippen molar-refractivity contribution >= 4 is 5.82 Å². The Labute approximate surface area is 112 Å². The Bertz CT molecular complexity index is 571. The minimum absolute atomic E-state index is 0.220. The molecule has 5 nitrogen and oxygen atoms in total. The molecule has 1 heterocycles. The van der Waals surface area contributed by atoms with E-state index in [0.29, 0.717) is 5.82 Å². The number of ether oxygens (including phenoxy) is 1. The highest BCUT2D eigenvalue weighted by molar-refractivity contribution is 5.48. The van der Waals surface area contributed by atoms with E-state index < -0.39 is 0 Å². The minimum Gasteiger partial charge on any atom is -0.497 e. The quantitative estimate of drug-likeness (QED) is 0.572.